The number of piperidine rings is 1. The molecule has 0 unspecified atom stereocenters. The van der Waals surface area contributed by atoms with Crippen molar-refractivity contribution in [3.8, 4) is 0 Å². The van der Waals surface area contributed by atoms with E-state index < -0.39 is 0 Å². The molecule has 5 nitrogen and oxygen atoms in total. The number of aromatic nitrogens is 1. The van der Waals surface area contributed by atoms with E-state index in [0.29, 0.717) is 24.6 Å². The molecule has 2 fully saturated rings. The molecule has 2 aliphatic heterocycles. The van der Waals surface area contributed by atoms with E-state index in [4.69, 9.17) is 9.47 Å². The van der Waals surface area contributed by atoms with E-state index in [9.17, 15) is 4.79 Å². The molecular weight excluding hydrogens is 336 g/mol. The molecule has 3 heterocycles. The Morgan fingerprint density at radius 2 is 2.24 bits per heavy atom. The summed E-state index contributed by atoms with van der Waals surface area (Å²) in [4.78, 5) is 19.3. The van der Waals surface area contributed by atoms with E-state index >= 15 is 0 Å². The van der Waals surface area contributed by atoms with Crippen molar-refractivity contribution in [3.63, 3.8) is 0 Å². The van der Waals surface area contributed by atoms with E-state index in [0.717, 1.165) is 31.4 Å². The zero-order chi connectivity index (χ0) is 17.1. The first-order chi connectivity index (χ1) is 12.3. The first-order valence-corrected chi connectivity index (χ1v) is 9.62. The van der Waals surface area contributed by atoms with Gasteiger partial charge in [-0.05, 0) is 24.8 Å². The zero-order valence-electron chi connectivity index (χ0n) is 14.1. The summed E-state index contributed by atoms with van der Waals surface area (Å²) in [5.41, 5.74) is 2.60. The Balaban J connectivity index is 1.48. The molecule has 25 heavy (non-hydrogen) atoms. The number of amides is 1. The average molecular weight is 358 g/mol. The summed E-state index contributed by atoms with van der Waals surface area (Å²) in [5, 5.41) is 0. The first-order valence-electron chi connectivity index (χ1n) is 8.74. The van der Waals surface area contributed by atoms with E-state index in [-0.39, 0.29) is 17.6 Å². The smallest absolute Gasteiger partial charge is 0.265 e. The van der Waals surface area contributed by atoms with Crippen LogP contribution in [0.5, 0.6) is 0 Å². The van der Waals surface area contributed by atoms with Gasteiger partial charge in [-0.3, -0.25) is 9.78 Å². The minimum Gasteiger partial charge on any atom is -0.372 e. The molecule has 2 atom stereocenters. The van der Waals surface area contributed by atoms with Crippen LogP contribution in [0, 0.1) is 0 Å². The molecule has 2 saturated heterocycles. The third kappa shape index (κ3) is 3.47. The number of hydrogen-bond donors (Lipinski definition) is 0. The Morgan fingerprint density at radius 3 is 2.96 bits per heavy atom. The van der Waals surface area contributed by atoms with Crippen LogP contribution in [0.25, 0.3) is 0 Å². The molecule has 0 aliphatic carbocycles. The maximum Gasteiger partial charge on any atom is 0.265 e. The van der Waals surface area contributed by atoms with Gasteiger partial charge in [-0.2, -0.15) is 0 Å². The lowest BCUT2D eigenvalue weighted by atomic mass is 9.85. The SMILES string of the molecule is O=C(c1cncs1)N1CC[C@@]2(CCCO2)[C@@H](OCc2ccccc2)C1. The van der Waals surface area contributed by atoms with Crippen LogP contribution in [-0.4, -0.2) is 47.2 Å². The van der Waals surface area contributed by atoms with Gasteiger partial charge in [0.25, 0.3) is 5.91 Å². The summed E-state index contributed by atoms with van der Waals surface area (Å²) in [6.07, 6.45) is 4.45. The van der Waals surface area contributed by atoms with Crippen molar-refractivity contribution in [2.24, 2.45) is 0 Å². The van der Waals surface area contributed by atoms with Crippen molar-refractivity contribution < 1.29 is 14.3 Å². The highest BCUT2D eigenvalue weighted by molar-refractivity contribution is 7.11. The predicted molar refractivity (Wildman–Crippen MR) is 95.6 cm³/mol. The van der Waals surface area contributed by atoms with Gasteiger partial charge in [-0.15, -0.1) is 11.3 Å². The van der Waals surface area contributed by atoms with Gasteiger partial charge in [-0.1, -0.05) is 30.3 Å². The Kier molecular flexibility index (Phi) is 4.83. The molecule has 4 rings (SSSR count). The van der Waals surface area contributed by atoms with Gasteiger partial charge in [0.1, 0.15) is 11.0 Å². The quantitative estimate of drug-likeness (QED) is 0.843. The summed E-state index contributed by atoms with van der Waals surface area (Å²) in [6.45, 7) is 2.61. The number of hydrogen-bond acceptors (Lipinski definition) is 5. The zero-order valence-corrected chi connectivity index (χ0v) is 14.9. The highest BCUT2D eigenvalue weighted by atomic mass is 32.1. The standard InChI is InChI=1S/C19H22N2O3S/c22-18(16-11-20-14-25-16)21-9-8-19(7-4-10-24-19)17(12-21)23-13-15-5-2-1-3-6-15/h1-3,5-6,11,14,17H,4,7-10,12-13H2/t17-,19-/m0/s1. The second kappa shape index (κ2) is 7.23. The number of nitrogens with zero attached hydrogens (tertiary/aromatic N) is 2. The van der Waals surface area contributed by atoms with Crippen LogP contribution in [0.4, 0.5) is 0 Å². The highest BCUT2D eigenvalue weighted by Gasteiger charge is 2.48. The van der Waals surface area contributed by atoms with Crippen molar-refractivity contribution in [1.82, 2.24) is 9.88 Å². The molecule has 0 saturated carbocycles. The van der Waals surface area contributed by atoms with Crippen LogP contribution in [0.15, 0.2) is 42.0 Å². The van der Waals surface area contributed by atoms with E-state index in [1.807, 2.05) is 23.1 Å². The molecule has 132 valence electrons. The van der Waals surface area contributed by atoms with Gasteiger partial charge in [0.15, 0.2) is 0 Å². The molecule has 2 aromatic rings. The summed E-state index contributed by atoms with van der Waals surface area (Å²) < 4.78 is 12.4. The highest BCUT2D eigenvalue weighted by Crippen LogP contribution is 2.38. The van der Waals surface area contributed by atoms with Gasteiger partial charge in [0.05, 0.1) is 30.5 Å². The number of rotatable bonds is 4. The molecule has 0 radical (unpaired) electrons. The monoisotopic (exact) mass is 358 g/mol. The molecular formula is C19H22N2O3S. The van der Waals surface area contributed by atoms with Crippen LogP contribution >= 0.6 is 11.3 Å². The van der Waals surface area contributed by atoms with Crippen molar-refractivity contribution in [1.29, 1.82) is 0 Å². The lowest BCUT2D eigenvalue weighted by Crippen LogP contribution is -2.57. The Bertz CT molecular complexity index is 699. The number of carbonyl (C=O) groups excluding carboxylic acids is 1. The first kappa shape index (κ1) is 16.7. The molecule has 6 heteroatoms. The van der Waals surface area contributed by atoms with Crippen molar-refractivity contribution in [2.45, 2.75) is 37.6 Å². The lowest BCUT2D eigenvalue weighted by molar-refractivity contribution is -0.153. The number of likely N-dealkylation sites (tertiary alicyclic amines) is 1. The second-order valence-electron chi connectivity index (χ2n) is 6.67. The fourth-order valence-corrected chi connectivity index (χ4v) is 4.34. The minimum absolute atomic E-state index is 0.0451. The van der Waals surface area contributed by atoms with Gasteiger partial charge < -0.3 is 14.4 Å². The minimum atomic E-state index is -0.237. The topological polar surface area (TPSA) is 51.7 Å². The lowest BCUT2D eigenvalue weighted by Gasteiger charge is -2.44. The van der Waals surface area contributed by atoms with Crippen LogP contribution < -0.4 is 0 Å². The Morgan fingerprint density at radius 1 is 1.36 bits per heavy atom. The molecule has 2 aliphatic rings. The van der Waals surface area contributed by atoms with E-state index in [1.165, 1.54) is 11.3 Å². The molecule has 1 aromatic heterocycles. The number of ether oxygens (including phenoxy) is 2. The van der Waals surface area contributed by atoms with E-state index in [1.54, 1.807) is 11.7 Å². The summed E-state index contributed by atoms with van der Waals surface area (Å²) in [5.74, 6) is 0.0451. The second-order valence-corrected chi connectivity index (χ2v) is 7.56. The summed E-state index contributed by atoms with van der Waals surface area (Å²) in [7, 11) is 0. The van der Waals surface area contributed by atoms with Crippen molar-refractivity contribution in [2.75, 3.05) is 19.7 Å². The van der Waals surface area contributed by atoms with Crippen LogP contribution in [0.1, 0.15) is 34.5 Å². The van der Waals surface area contributed by atoms with Gasteiger partial charge >= 0.3 is 0 Å². The summed E-state index contributed by atoms with van der Waals surface area (Å²) in [6, 6.07) is 10.2. The number of benzene rings is 1. The maximum absolute atomic E-state index is 12.7. The number of carbonyl (C=O) groups is 1. The van der Waals surface area contributed by atoms with Crippen LogP contribution in [-0.2, 0) is 16.1 Å². The number of thiazole rings is 1. The van der Waals surface area contributed by atoms with E-state index in [2.05, 4.69) is 17.1 Å². The van der Waals surface area contributed by atoms with Crippen molar-refractivity contribution >= 4 is 17.2 Å². The molecule has 1 amide bonds. The predicted octanol–water partition coefficient (Wildman–Crippen LogP) is 3.12. The maximum atomic E-state index is 12.7. The van der Waals surface area contributed by atoms with Crippen LogP contribution in [0.2, 0.25) is 0 Å². The third-order valence-corrected chi connectivity index (χ3v) is 5.90. The van der Waals surface area contributed by atoms with Gasteiger partial charge in [0, 0.05) is 13.2 Å². The molecule has 0 N–H and O–H groups in total. The molecule has 1 spiro atoms. The van der Waals surface area contributed by atoms with Gasteiger partial charge in [0.2, 0.25) is 0 Å². The summed E-state index contributed by atoms with van der Waals surface area (Å²) >= 11 is 1.39. The van der Waals surface area contributed by atoms with Crippen molar-refractivity contribution in [3.05, 3.63) is 52.5 Å². The van der Waals surface area contributed by atoms with Gasteiger partial charge in [-0.25, -0.2) is 0 Å². The third-order valence-electron chi connectivity index (χ3n) is 5.14. The molecule has 1 aromatic carbocycles. The Hall–Kier alpha value is -1.76. The Labute approximate surface area is 151 Å². The van der Waals surface area contributed by atoms with Crippen LogP contribution in [0.3, 0.4) is 0 Å². The largest absolute Gasteiger partial charge is 0.372 e. The fourth-order valence-electron chi connectivity index (χ4n) is 3.75. The normalized spacial score (nSPS) is 26.2. The average Bonchev–Trinajstić information content (AvgIpc) is 3.34. The fraction of sp³-hybridized carbons (Fsp3) is 0.474. The molecule has 0 bridgehead atoms.